The van der Waals surface area contributed by atoms with E-state index in [1.165, 1.54) is 12.1 Å². The molecule has 0 heterocycles. The highest BCUT2D eigenvalue weighted by Gasteiger charge is 2.29. The highest BCUT2D eigenvalue weighted by Crippen LogP contribution is 2.33. The summed E-state index contributed by atoms with van der Waals surface area (Å²) in [6, 6.07) is 2.99. The molecule has 0 spiro atoms. The van der Waals surface area contributed by atoms with Crippen LogP contribution in [0.5, 0.6) is 5.75 Å². The Morgan fingerprint density at radius 2 is 1.48 bits per heavy atom. The molecule has 1 aromatic carbocycles. The van der Waals surface area contributed by atoms with E-state index in [2.05, 4.69) is 0 Å². The highest BCUT2D eigenvalue weighted by molar-refractivity contribution is 6.75. The van der Waals surface area contributed by atoms with E-state index in [1.807, 2.05) is 0 Å². The summed E-state index contributed by atoms with van der Waals surface area (Å²) in [5, 5.41) is 17.3. The van der Waals surface area contributed by atoms with Crippen molar-refractivity contribution in [2.75, 3.05) is 6.61 Å². The molecule has 11 heteroatoms. The van der Waals surface area contributed by atoms with Crippen molar-refractivity contribution < 1.29 is 24.5 Å². The number of carboxylic acid groups (broad SMARTS) is 2. The summed E-state index contributed by atoms with van der Waals surface area (Å²) in [4.78, 5) is 19.9. The Bertz CT molecular complexity index is 558. The molecule has 0 aliphatic heterocycles. The number of carbonyl (C=O) groups is 2. The van der Waals surface area contributed by atoms with E-state index in [0.29, 0.717) is 27.2 Å². The normalized spacial score (nSPS) is 10.5. The Kier molecular flexibility index (Phi) is 10.4. The molecule has 0 atom stereocenters. The van der Waals surface area contributed by atoms with Gasteiger partial charge in [0.1, 0.15) is 5.75 Å². The Labute approximate surface area is 161 Å². The van der Waals surface area contributed by atoms with Crippen LogP contribution in [0.25, 0.3) is 0 Å². The molecule has 0 bridgehead atoms. The van der Waals surface area contributed by atoms with E-state index in [4.69, 9.17) is 84.6 Å². The van der Waals surface area contributed by atoms with E-state index in [1.54, 1.807) is 0 Å². The molecule has 0 aromatic heterocycles. The molecule has 130 valence electrons. The van der Waals surface area contributed by atoms with Gasteiger partial charge in [-0.05, 0) is 12.5 Å². The maximum absolute atomic E-state index is 10.3. The number of alkyl halides is 3. The number of halogens is 6. The number of hydrogen-bond donors (Lipinski definition) is 2. The molecule has 0 radical (unpaired) electrons. The third kappa shape index (κ3) is 10.2. The molecule has 0 aliphatic rings. The van der Waals surface area contributed by atoms with E-state index >= 15 is 0 Å². The average molecular weight is 447 g/mol. The standard InChI is InChI=1S/C10H9Cl3O3.C2HCl3O2/c11-6-4-8(13)9(5-7(6)12)16-3-1-2-10(14)15;3-2(4,5)1(6)7/h4-5H,1-3H2,(H,14,15);(H,6,7). The number of benzene rings is 1. The maximum atomic E-state index is 10.3. The van der Waals surface area contributed by atoms with Gasteiger partial charge in [0, 0.05) is 12.5 Å². The number of ether oxygens (including phenoxy) is 1. The van der Waals surface area contributed by atoms with Gasteiger partial charge in [0.2, 0.25) is 0 Å². The molecule has 5 nitrogen and oxygen atoms in total. The second-order valence-electron chi connectivity index (χ2n) is 3.85. The Morgan fingerprint density at radius 1 is 1.00 bits per heavy atom. The summed E-state index contributed by atoms with van der Waals surface area (Å²) in [5.41, 5.74) is 0. The summed E-state index contributed by atoms with van der Waals surface area (Å²) >= 11 is 31.8. The average Bonchev–Trinajstić information content (AvgIpc) is 2.39. The Hall–Kier alpha value is -0.300. The zero-order chi connectivity index (χ0) is 18.2. The van der Waals surface area contributed by atoms with Gasteiger partial charge in [-0.15, -0.1) is 0 Å². The first kappa shape index (κ1) is 22.7. The first-order chi connectivity index (χ1) is 10.4. The maximum Gasteiger partial charge on any atom is 0.356 e. The molecule has 0 fully saturated rings. The van der Waals surface area contributed by atoms with E-state index in [-0.39, 0.29) is 13.0 Å². The smallest absolute Gasteiger partial charge is 0.356 e. The van der Waals surface area contributed by atoms with Crippen molar-refractivity contribution in [1.82, 2.24) is 0 Å². The first-order valence-electron chi connectivity index (χ1n) is 5.74. The molecule has 0 amide bonds. The van der Waals surface area contributed by atoms with Crippen LogP contribution in [0.15, 0.2) is 12.1 Å². The SMILES string of the molecule is O=C(O)C(Cl)(Cl)Cl.O=C(O)CCCOc1cc(Cl)c(Cl)cc1Cl. The van der Waals surface area contributed by atoms with Crippen LogP contribution in [0.4, 0.5) is 0 Å². The van der Waals surface area contributed by atoms with Crippen molar-refractivity contribution in [3.05, 3.63) is 27.2 Å². The molecular weight excluding hydrogens is 437 g/mol. The summed E-state index contributed by atoms with van der Waals surface area (Å²) in [6.07, 6.45) is 0.463. The van der Waals surface area contributed by atoms with Gasteiger partial charge in [-0.2, -0.15) is 0 Å². The summed E-state index contributed by atoms with van der Waals surface area (Å²) in [5.74, 6) is -1.91. The quantitative estimate of drug-likeness (QED) is 0.362. The van der Waals surface area contributed by atoms with Crippen LogP contribution in [-0.4, -0.2) is 32.6 Å². The van der Waals surface area contributed by atoms with Crippen LogP contribution in [0, 0.1) is 0 Å². The van der Waals surface area contributed by atoms with Crippen molar-refractivity contribution in [2.45, 2.75) is 16.6 Å². The minimum absolute atomic E-state index is 0.0545. The van der Waals surface area contributed by atoms with Crippen molar-refractivity contribution >= 4 is 81.5 Å². The lowest BCUT2D eigenvalue weighted by molar-refractivity contribution is -0.137. The topological polar surface area (TPSA) is 83.8 Å². The number of carboxylic acids is 2. The van der Waals surface area contributed by atoms with Gasteiger partial charge < -0.3 is 14.9 Å². The molecule has 1 aromatic rings. The van der Waals surface area contributed by atoms with Gasteiger partial charge in [0.25, 0.3) is 3.79 Å². The van der Waals surface area contributed by atoms with Gasteiger partial charge in [-0.1, -0.05) is 69.6 Å². The molecule has 0 unspecified atom stereocenters. The lowest BCUT2D eigenvalue weighted by atomic mass is 10.3. The monoisotopic (exact) mass is 444 g/mol. The van der Waals surface area contributed by atoms with Crippen LogP contribution in [0.3, 0.4) is 0 Å². The van der Waals surface area contributed by atoms with Crippen molar-refractivity contribution in [1.29, 1.82) is 0 Å². The van der Waals surface area contributed by atoms with Gasteiger partial charge in [0.15, 0.2) is 0 Å². The van der Waals surface area contributed by atoms with Crippen LogP contribution < -0.4 is 4.74 Å². The molecule has 1 rings (SSSR count). The molecule has 0 saturated carbocycles. The predicted octanol–water partition coefficient (Wildman–Crippen LogP) is 5.33. The fraction of sp³-hybridized carbons (Fsp3) is 0.333. The van der Waals surface area contributed by atoms with Gasteiger partial charge in [-0.3, -0.25) is 4.79 Å². The second kappa shape index (κ2) is 10.5. The number of hydrogen-bond acceptors (Lipinski definition) is 3. The van der Waals surface area contributed by atoms with E-state index in [0.717, 1.165) is 0 Å². The minimum atomic E-state index is -2.17. The van der Waals surface area contributed by atoms with Crippen LogP contribution in [-0.2, 0) is 9.59 Å². The van der Waals surface area contributed by atoms with Crippen LogP contribution in [0.1, 0.15) is 12.8 Å². The molecule has 0 saturated heterocycles. The molecular formula is C12H10Cl6O5. The zero-order valence-electron chi connectivity index (χ0n) is 11.2. The third-order valence-corrected chi connectivity index (χ3v) is 3.51. The fourth-order valence-corrected chi connectivity index (χ4v) is 1.61. The van der Waals surface area contributed by atoms with Crippen molar-refractivity contribution in [2.24, 2.45) is 0 Å². The van der Waals surface area contributed by atoms with Crippen LogP contribution >= 0.6 is 69.6 Å². The fourth-order valence-electron chi connectivity index (χ4n) is 1.02. The molecule has 23 heavy (non-hydrogen) atoms. The summed E-state index contributed by atoms with van der Waals surface area (Å²) < 4.78 is 3.12. The van der Waals surface area contributed by atoms with Crippen molar-refractivity contribution in [3.63, 3.8) is 0 Å². The summed E-state index contributed by atoms with van der Waals surface area (Å²) in [6.45, 7) is 0.268. The van der Waals surface area contributed by atoms with Gasteiger partial charge >= 0.3 is 11.9 Å². The van der Waals surface area contributed by atoms with E-state index in [9.17, 15) is 9.59 Å². The molecule has 2 N–H and O–H groups in total. The van der Waals surface area contributed by atoms with Gasteiger partial charge in [-0.25, -0.2) is 4.79 Å². The zero-order valence-corrected chi connectivity index (χ0v) is 15.7. The Balaban J connectivity index is 0.000000585. The van der Waals surface area contributed by atoms with Crippen LogP contribution in [0.2, 0.25) is 15.1 Å². The largest absolute Gasteiger partial charge is 0.492 e. The van der Waals surface area contributed by atoms with Gasteiger partial charge in [0.05, 0.1) is 21.7 Å². The number of aliphatic carboxylic acids is 2. The second-order valence-corrected chi connectivity index (χ2v) is 7.35. The lowest BCUT2D eigenvalue weighted by Gasteiger charge is -2.08. The summed E-state index contributed by atoms with van der Waals surface area (Å²) in [7, 11) is 0. The van der Waals surface area contributed by atoms with Crippen molar-refractivity contribution in [3.8, 4) is 5.75 Å². The third-order valence-electron chi connectivity index (χ3n) is 2.01. The highest BCUT2D eigenvalue weighted by atomic mass is 35.6. The minimum Gasteiger partial charge on any atom is -0.492 e. The predicted molar refractivity (Wildman–Crippen MR) is 91.8 cm³/mol. The number of rotatable bonds is 5. The lowest BCUT2D eigenvalue weighted by Crippen LogP contribution is -2.16. The molecule has 0 aliphatic carbocycles. The van der Waals surface area contributed by atoms with E-state index < -0.39 is 15.7 Å². The Morgan fingerprint density at radius 3 is 1.91 bits per heavy atom. The first-order valence-corrected chi connectivity index (χ1v) is 8.01.